The first kappa shape index (κ1) is 13.3. The highest BCUT2D eigenvalue weighted by Gasteiger charge is 2.14. The van der Waals surface area contributed by atoms with Crippen molar-refractivity contribution in [3.05, 3.63) is 54.1 Å². The third-order valence-corrected chi connectivity index (χ3v) is 4.99. The van der Waals surface area contributed by atoms with Gasteiger partial charge in [-0.05, 0) is 45.6 Å². The van der Waals surface area contributed by atoms with E-state index in [0.717, 1.165) is 13.8 Å². The molecule has 5 heteroatoms. The van der Waals surface area contributed by atoms with Gasteiger partial charge in [0.25, 0.3) is 0 Å². The van der Waals surface area contributed by atoms with Gasteiger partial charge in [0.15, 0.2) is 5.78 Å². The van der Waals surface area contributed by atoms with Gasteiger partial charge in [-0.2, -0.15) is 0 Å². The summed E-state index contributed by atoms with van der Waals surface area (Å²) in [5, 5.41) is 2.45. The Bertz CT molecular complexity index is 565. The highest BCUT2D eigenvalue weighted by atomic mass is 79.9. The maximum absolute atomic E-state index is 12.1. The van der Waals surface area contributed by atoms with Crippen LogP contribution in [0.1, 0.15) is 15.2 Å². The van der Waals surface area contributed by atoms with Crippen molar-refractivity contribution in [3.8, 4) is 0 Å². The number of carbonyl (C=O) groups is 1. The van der Waals surface area contributed by atoms with E-state index in [1.54, 1.807) is 23.5 Å². The van der Waals surface area contributed by atoms with Gasteiger partial charge in [-0.15, -0.1) is 11.3 Å². The van der Waals surface area contributed by atoms with Crippen molar-refractivity contribution in [2.45, 2.75) is 6.42 Å². The maximum Gasteiger partial charge on any atom is 0.169 e. The molecule has 0 unspecified atom stereocenters. The fraction of sp³-hybridized carbons (Fsp3) is 0.0833. The minimum Gasteiger partial charge on any atom is -0.294 e. The number of carbonyl (C=O) groups excluding carboxylic acids is 1. The summed E-state index contributed by atoms with van der Waals surface area (Å²) in [4.78, 5) is 13.1. The first-order valence-electron chi connectivity index (χ1n) is 4.78. The van der Waals surface area contributed by atoms with Crippen LogP contribution >= 0.6 is 54.8 Å². The van der Waals surface area contributed by atoms with Crippen LogP contribution in [0.3, 0.4) is 0 Å². The summed E-state index contributed by atoms with van der Waals surface area (Å²) < 4.78 is 1.83. The molecule has 0 fully saturated rings. The average Bonchev–Trinajstić information content (AvgIpc) is 2.68. The third-order valence-electron chi connectivity index (χ3n) is 2.24. The molecule has 88 valence electrons. The molecule has 2 aromatic rings. The van der Waals surface area contributed by atoms with Crippen molar-refractivity contribution in [2.24, 2.45) is 0 Å². The van der Waals surface area contributed by atoms with Crippen LogP contribution in [0.25, 0.3) is 0 Å². The number of hydrogen-bond donors (Lipinski definition) is 0. The van der Waals surface area contributed by atoms with Crippen molar-refractivity contribution in [1.29, 1.82) is 0 Å². The van der Waals surface area contributed by atoms with Crippen molar-refractivity contribution in [2.75, 3.05) is 0 Å². The van der Waals surface area contributed by atoms with E-state index in [1.165, 1.54) is 0 Å². The second-order valence-corrected chi connectivity index (χ2v) is 6.59. The molecule has 0 radical (unpaired) electrons. The van der Waals surface area contributed by atoms with Gasteiger partial charge in [0.1, 0.15) is 0 Å². The molecular weight excluding hydrogens is 387 g/mol. The monoisotopic (exact) mass is 392 g/mol. The summed E-state index contributed by atoms with van der Waals surface area (Å²) in [6, 6.07) is 7.24. The van der Waals surface area contributed by atoms with E-state index >= 15 is 0 Å². The third kappa shape index (κ3) is 3.19. The molecule has 1 aromatic carbocycles. The van der Waals surface area contributed by atoms with Gasteiger partial charge in [-0.25, -0.2) is 0 Å². The first-order valence-corrected chi connectivity index (χ1v) is 7.62. The minimum atomic E-state index is 0.0273. The summed E-state index contributed by atoms with van der Waals surface area (Å²) in [6.45, 7) is 0. The van der Waals surface area contributed by atoms with Gasteiger partial charge in [0, 0.05) is 25.8 Å². The highest BCUT2D eigenvalue weighted by Crippen LogP contribution is 2.27. The fourth-order valence-electron chi connectivity index (χ4n) is 1.40. The van der Waals surface area contributed by atoms with E-state index in [1.807, 2.05) is 17.5 Å². The standard InChI is InChI=1S/C12H7Br2ClOS/c13-7-1-2-10(15)8(5-7)11(16)6-12-9(14)3-4-17-12/h1-5H,6H2. The number of rotatable bonds is 3. The molecule has 0 saturated carbocycles. The van der Waals surface area contributed by atoms with E-state index in [9.17, 15) is 4.79 Å². The first-order chi connectivity index (χ1) is 8.08. The van der Waals surface area contributed by atoms with Crippen LogP contribution < -0.4 is 0 Å². The molecule has 2 rings (SSSR count). The van der Waals surface area contributed by atoms with E-state index in [0.29, 0.717) is 17.0 Å². The van der Waals surface area contributed by atoms with Crippen molar-refractivity contribution >= 4 is 60.6 Å². The number of ketones is 1. The van der Waals surface area contributed by atoms with Crippen molar-refractivity contribution in [1.82, 2.24) is 0 Å². The van der Waals surface area contributed by atoms with E-state index in [2.05, 4.69) is 31.9 Å². The molecule has 0 N–H and O–H groups in total. The van der Waals surface area contributed by atoms with E-state index in [4.69, 9.17) is 11.6 Å². The Kier molecular flexibility index (Phi) is 4.42. The van der Waals surface area contributed by atoms with Gasteiger partial charge in [-0.3, -0.25) is 4.79 Å². The Morgan fingerprint density at radius 3 is 2.71 bits per heavy atom. The van der Waals surface area contributed by atoms with Gasteiger partial charge >= 0.3 is 0 Å². The van der Waals surface area contributed by atoms with Crippen LogP contribution in [-0.4, -0.2) is 5.78 Å². The highest BCUT2D eigenvalue weighted by molar-refractivity contribution is 9.10. The molecule has 1 heterocycles. The summed E-state index contributed by atoms with van der Waals surface area (Å²) in [7, 11) is 0. The van der Waals surface area contributed by atoms with Crippen LogP contribution in [0.2, 0.25) is 5.02 Å². The quantitative estimate of drug-likeness (QED) is 0.641. The van der Waals surface area contributed by atoms with Crippen LogP contribution in [-0.2, 0) is 6.42 Å². The Balaban J connectivity index is 2.26. The Morgan fingerprint density at radius 1 is 1.29 bits per heavy atom. The van der Waals surface area contributed by atoms with Crippen LogP contribution in [0.15, 0.2) is 38.6 Å². The largest absolute Gasteiger partial charge is 0.294 e. The summed E-state index contributed by atoms with van der Waals surface area (Å²) in [5.74, 6) is 0.0273. The molecule has 1 aromatic heterocycles. The SMILES string of the molecule is O=C(Cc1sccc1Br)c1cc(Br)ccc1Cl. The molecule has 0 atom stereocenters. The Morgan fingerprint density at radius 2 is 2.06 bits per heavy atom. The van der Waals surface area contributed by atoms with E-state index in [-0.39, 0.29) is 5.78 Å². The van der Waals surface area contributed by atoms with Gasteiger partial charge < -0.3 is 0 Å². The average molecular weight is 395 g/mol. The molecule has 0 aliphatic rings. The summed E-state index contributed by atoms with van der Waals surface area (Å²) in [6.07, 6.45) is 0.369. The molecule has 0 spiro atoms. The molecule has 0 saturated heterocycles. The lowest BCUT2D eigenvalue weighted by Crippen LogP contribution is -2.03. The van der Waals surface area contributed by atoms with Crippen molar-refractivity contribution in [3.63, 3.8) is 0 Å². The zero-order valence-electron chi connectivity index (χ0n) is 8.54. The zero-order chi connectivity index (χ0) is 12.4. The molecular formula is C12H7Br2ClOS. The van der Waals surface area contributed by atoms with E-state index < -0.39 is 0 Å². The lowest BCUT2D eigenvalue weighted by molar-refractivity contribution is 0.0994. The maximum atomic E-state index is 12.1. The lowest BCUT2D eigenvalue weighted by atomic mass is 10.1. The van der Waals surface area contributed by atoms with Crippen LogP contribution in [0.5, 0.6) is 0 Å². The number of Topliss-reactive ketones (excluding diaryl/α,β-unsaturated/α-hetero) is 1. The lowest BCUT2D eigenvalue weighted by Gasteiger charge is -2.03. The zero-order valence-corrected chi connectivity index (χ0v) is 13.3. The number of hydrogen-bond acceptors (Lipinski definition) is 2. The van der Waals surface area contributed by atoms with Crippen LogP contribution in [0, 0.1) is 0 Å². The second kappa shape index (κ2) is 5.65. The fourth-order valence-corrected chi connectivity index (χ4v) is 3.48. The number of benzene rings is 1. The Hall–Kier alpha value is -0.160. The second-order valence-electron chi connectivity index (χ2n) is 3.42. The Labute approximate surface area is 125 Å². The minimum absolute atomic E-state index is 0.0273. The molecule has 0 bridgehead atoms. The number of thiophene rings is 1. The molecule has 17 heavy (non-hydrogen) atoms. The molecule has 0 aliphatic carbocycles. The number of halogens is 3. The van der Waals surface area contributed by atoms with Gasteiger partial charge in [0.05, 0.1) is 5.02 Å². The molecule has 0 aliphatic heterocycles. The summed E-state index contributed by atoms with van der Waals surface area (Å²) in [5.41, 5.74) is 0.557. The summed E-state index contributed by atoms with van der Waals surface area (Å²) >= 11 is 14.3. The van der Waals surface area contributed by atoms with Gasteiger partial charge in [-0.1, -0.05) is 27.5 Å². The predicted molar refractivity (Wildman–Crippen MR) is 79.2 cm³/mol. The van der Waals surface area contributed by atoms with Gasteiger partial charge in [0.2, 0.25) is 0 Å². The normalized spacial score (nSPS) is 10.5. The van der Waals surface area contributed by atoms with Crippen molar-refractivity contribution < 1.29 is 4.79 Å². The predicted octanol–water partition coefficient (Wildman–Crippen LogP) is 5.35. The topological polar surface area (TPSA) is 17.1 Å². The molecule has 1 nitrogen and oxygen atoms in total. The molecule has 0 amide bonds. The van der Waals surface area contributed by atoms with Crippen LogP contribution in [0.4, 0.5) is 0 Å². The smallest absolute Gasteiger partial charge is 0.169 e.